The monoisotopic (exact) mass is 263 g/mol. The number of nitrogens with two attached hydrogens (primary N) is 1. The summed E-state index contributed by atoms with van der Waals surface area (Å²) in [5.41, 5.74) is 7.69. The summed E-state index contributed by atoms with van der Waals surface area (Å²) in [5, 5.41) is 2.06. The Morgan fingerprint density at radius 2 is 2.33 bits per heavy atom. The molecule has 0 radical (unpaired) electrons. The Morgan fingerprint density at radius 1 is 1.50 bits per heavy atom. The van der Waals surface area contributed by atoms with Crippen LogP contribution in [0.4, 0.5) is 0 Å². The highest BCUT2D eigenvalue weighted by Crippen LogP contribution is 2.36. The fraction of sp³-hybridized carbons (Fsp3) is 0.643. The normalized spacial score (nSPS) is 33.1. The lowest BCUT2D eigenvalue weighted by atomic mass is 9.70. The molecule has 1 fully saturated rings. The lowest BCUT2D eigenvalue weighted by Gasteiger charge is -2.40. The van der Waals surface area contributed by atoms with E-state index < -0.39 is 0 Å². The molecule has 0 amide bonds. The van der Waals surface area contributed by atoms with Gasteiger partial charge in [-0.25, -0.2) is 4.98 Å². The van der Waals surface area contributed by atoms with Crippen LogP contribution in [0.5, 0.6) is 0 Å². The van der Waals surface area contributed by atoms with Gasteiger partial charge in [-0.05, 0) is 31.1 Å². The lowest BCUT2D eigenvalue weighted by molar-refractivity contribution is 0.175. The van der Waals surface area contributed by atoms with Gasteiger partial charge in [0, 0.05) is 29.7 Å². The third-order valence-corrected chi connectivity index (χ3v) is 5.24. The number of hydrogen-bond donors (Lipinski definition) is 1. The molecule has 1 saturated carbocycles. The smallest absolute Gasteiger partial charge is 0.193 e. The number of aromatic nitrogens is 2. The molecule has 3 atom stereocenters. The van der Waals surface area contributed by atoms with Crippen molar-refractivity contribution in [3.63, 3.8) is 0 Å². The van der Waals surface area contributed by atoms with E-state index in [-0.39, 0.29) is 5.54 Å². The van der Waals surface area contributed by atoms with Gasteiger partial charge in [-0.3, -0.25) is 4.40 Å². The topological polar surface area (TPSA) is 43.3 Å². The molecule has 2 aromatic rings. The number of imidazole rings is 1. The lowest BCUT2D eigenvalue weighted by Crippen LogP contribution is -2.47. The van der Waals surface area contributed by atoms with Crippen molar-refractivity contribution in [1.82, 2.24) is 9.38 Å². The molecule has 18 heavy (non-hydrogen) atoms. The molecule has 2 heterocycles. The van der Waals surface area contributed by atoms with Crippen molar-refractivity contribution in [2.75, 3.05) is 0 Å². The quantitative estimate of drug-likeness (QED) is 0.904. The molecule has 1 aliphatic carbocycles. The molecule has 3 unspecified atom stereocenters. The van der Waals surface area contributed by atoms with Crippen molar-refractivity contribution < 1.29 is 0 Å². The Hall–Kier alpha value is -0.870. The molecule has 0 bridgehead atoms. The number of hydrogen-bond acceptors (Lipinski definition) is 3. The first kappa shape index (κ1) is 12.2. The van der Waals surface area contributed by atoms with Gasteiger partial charge in [0.2, 0.25) is 0 Å². The second-order valence-corrected chi connectivity index (χ2v) is 6.93. The van der Waals surface area contributed by atoms with E-state index in [1.165, 1.54) is 6.42 Å². The number of thiazole rings is 1. The van der Waals surface area contributed by atoms with Crippen LogP contribution in [0.2, 0.25) is 0 Å². The Labute approximate surface area is 112 Å². The summed E-state index contributed by atoms with van der Waals surface area (Å²) in [5.74, 6) is 1.54. The highest BCUT2D eigenvalue weighted by Gasteiger charge is 2.35. The fourth-order valence-electron chi connectivity index (χ4n) is 3.13. The van der Waals surface area contributed by atoms with Gasteiger partial charge in [-0.1, -0.05) is 13.8 Å². The van der Waals surface area contributed by atoms with Gasteiger partial charge in [-0.2, -0.15) is 0 Å². The molecule has 0 aliphatic heterocycles. The van der Waals surface area contributed by atoms with Crippen molar-refractivity contribution in [2.45, 2.75) is 45.1 Å². The third kappa shape index (κ3) is 2.19. The van der Waals surface area contributed by atoms with Crippen molar-refractivity contribution in [2.24, 2.45) is 17.6 Å². The summed E-state index contributed by atoms with van der Waals surface area (Å²) < 4.78 is 2.10. The van der Waals surface area contributed by atoms with Crippen molar-refractivity contribution >= 4 is 16.3 Å². The first-order valence-electron chi connectivity index (χ1n) is 6.76. The third-order valence-electron chi connectivity index (χ3n) is 4.47. The van der Waals surface area contributed by atoms with Crippen LogP contribution in [0.25, 0.3) is 4.96 Å². The van der Waals surface area contributed by atoms with E-state index in [1.54, 1.807) is 11.3 Å². The Balaban J connectivity index is 1.77. The van der Waals surface area contributed by atoms with Crippen LogP contribution in [0.15, 0.2) is 17.8 Å². The van der Waals surface area contributed by atoms with Gasteiger partial charge in [-0.15, -0.1) is 11.3 Å². The summed E-state index contributed by atoms with van der Waals surface area (Å²) in [4.78, 5) is 5.73. The second-order valence-electron chi connectivity index (χ2n) is 6.06. The summed E-state index contributed by atoms with van der Waals surface area (Å²) in [6, 6.07) is 0. The average molecular weight is 263 g/mol. The molecule has 0 saturated heterocycles. The van der Waals surface area contributed by atoms with Crippen LogP contribution in [0, 0.1) is 11.8 Å². The Bertz CT molecular complexity index is 515. The van der Waals surface area contributed by atoms with E-state index in [9.17, 15) is 0 Å². The van der Waals surface area contributed by atoms with Gasteiger partial charge in [0.1, 0.15) is 0 Å². The SMILES string of the molecule is CC1CCC(N)(Cc2cn3ccsc3n2)CC1C. The molecular weight excluding hydrogens is 242 g/mol. The number of nitrogens with zero attached hydrogens (tertiary/aromatic N) is 2. The number of fused-ring (bicyclic) bond motifs is 1. The minimum absolute atomic E-state index is 0.0457. The predicted octanol–water partition coefficient (Wildman–Crippen LogP) is 3.09. The van der Waals surface area contributed by atoms with Crippen molar-refractivity contribution in [3.8, 4) is 0 Å². The zero-order chi connectivity index (χ0) is 12.8. The standard InChI is InChI=1S/C14H21N3S/c1-10-3-4-14(15,7-11(10)2)8-12-9-17-5-6-18-13(17)16-12/h5-6,9-11H,3-4,7-8,15H2,1-2H3. The molecule has 2 N–H and O–H groups in total. The Kier molecular flexibility index (Phi) is 2.94. The van der Waals surface area contributed by atoms with E-state index >= 15 is 0 Å². The fourth-order valence-corrected chi connectivity index (χ4v) is 3.85. The molecule has 0 aromatic carbocycles. The van der Waals surface area contributed by atoms with Crippen LogP contribution in [-0.2, 0) is 6.42 Å². The minimum Gasteiger partial charge on any atom is -0.325 e. The van der Waals surface area contributed by atoms with E-state index in [2.05, 4.69) is 41.0 Å². The van der Waals surface area contributed by atoms with Gasteiger partial charge >= 0.3 is 0 Å². The highest BCUT2D eigenvalue weighted by atomic mass is 32.1. The maximum Gasteiger partial charge on any atom is 0.193 e. The molecule has 98 valence electrons. The van der Waals surface area contributed by atoms with Crippen LogP contribution in [0.1, 0.15) is 38.8 Å². The zero-order valence-corrected chi connectivity index (χ0v) is 11.9. The summed E-state index contributed by atoms with van der Waals surface area (Å²) >= 11 is 1.68. The van der Waals surface area contributed by atoms with E-state index in [4.69, 9.17) is 5.73 Å². The molecule has 4 heteroatoms. The maximum absolute atomic E-state index is 6.59. The van der Waals surface area contributed by atoms with E-state index in [1.807, 2.05) is 0 Å². The number of rotatable bonds is 2. The Morgan fingerprint density at radius 3 is 3.06 bits per heavy atom. The van der Waals surface area contributed by atoms with E-state index in [0.29, 0.717) is 0 Å². The summed E-state index contributed by atoms with van der Waals surface area (Å²) in [6.07, 6.45) is 8.61. The van der Waals surface area contributed by atoms with Crippen LogP contribution in [0.3, 0.4) is 0 Å². The van der Waals surface area contributed by atoms with Crippen LogP contribution >= 0.6 is 11.3 Å². The molecule has 3 nitrogen and oxygen atoms in total. The highest BCUT2D eigenvalue weighted by molar-refractivity contribution is 7.15. The van der Waals surface area contributed by atoms with Gasteiger partial charge in [0.25, 0.3) is 0 Å². The first-order valence-corrected chi connectivity index (χ1v) is 7.64. The van der Waals surface area contributed by atoms with Crippen LogP contribution in [-0.4, -0.2) is 14.9 Å². The maximum atomic E-state index is 6.59. The molecule has 3 rings (SSSR count). The first-order chi connectivity index (χ1) is 8.56. The average Bonchev–Trinajstić information content (AvgIpc) is 2.84. The molecule has 2 aromatic heterocycles. The van der Waals surface area contributed by atoms with Gasteiger partial charge in [0.15, 0.2) is 4.96 Å². The minimum atomic E-state index is -0.0457. The molecule has 0 spiro atoms. The molecular formula is C14H21N3S. The zero-order valence-electron chi connectivity index (χ0n) is 11.1. The predicted molar refractivity (Wildman–Crippen MR) is 75.9 cm³/mol. The second kappa shape index (κ2) is 4.35. The summed E-state index contributed by atoms with van der Waals surface area (Å²) in [7, 11) is 0. The van der Waals surface area contributed by atoms with Crippen molar-refractivity contribution in [1.29, 1.82) is 0 Å². The largest absolute Gasteiger partial charge is 0.325 e. The van der Waals surface area contributed by atoms with Crippen molar-refractivity contribution in [3.05, 3.63) is 23.5 Å². The molecule has 1 aliphatic rings. The van der Waals surface area contributed by atoms with Gasteiger partial charge < -0.3 is 5.73 Å². The van der Waals surface area contributed by atoms with Gasteiger partial charge in [0.05, 0.1) is 5.69 Å². The van der Waals surface area contributed by atoms with Crippen LogP contribution < -0.4 is 5.73 Å². The van der Waals surface area contributed by atoms with E-state index in [0.717, 1.165) is 41.8 Å². The summed E-state index contributed by atoms with van der Waals surface area (Å²) in [6.45, 7) is 4.67.